The summed E-state index contributed by atoms with van der Waals surface area (Å²) in [4.78, 5) is 15.0. The average molecular weight is 326 g/mol. The van der Waals surface area contributed by atoms with Gasteiger partial charge in [0.25, 0.3) is 5.82 Å². The Morgan fingerprint density at radius 3 is 2.79 bits per heavy atom. The number of aliphatic hydroxyl groups is 1. The van der Waals surface area contributed by atoms with E-state index >= 15 is 0 Å². The van der Waals surface area contributed by atoms with E-state index in [1.165, 1.54) is 18.1 Å². The third kappa shape index (κ3) is 3.39. The minimum Gasteiger partial charge on any atom is -0.463 e. The van der Waals surface area contributed by atoms with Crippen molar-refractivity contribution in [2.45, 2.75) is 12.6 Å². The fourth-order valence-corrected chi connectivity index (χ4v) is 1.80. The number of carbonyl (C=O) groups is 1. The lowest BCUT2D eigenvalue weighted by molar-refractivity contribution is 0.0585. The number of benzene rings is 1. The molecule has 0 aliphatic heterocycles. The molecule has 19 heavy (non-hydrogen) atoms. The van der Waals surface area contributed by atoms with Crippen molar-refractivity contribution in [2.75, 3.05) is 7.11 Å². The van der Waals surface area contributed by atoms with Gasteiger partial charge in [-0.25, -0.2) is 14.5 Å². The van der Waals surface area contributed by atoms with Crippen molar-refractivity contribution < 1.29 is 14.6 Å². The van der Waals surface area contributed by atoms with Crippen molar-refractivity contribution in [1.82, 2.24) is 14.8 Å². The van der Waals surface area contributed by atoms with Crippen LogP contribution in [0.3, 0.4) is 0 Å². The molecule has 1 heterocycles. The largest absolute Gasteiger partial charge is 0.463 e. The minimum atomic E-state index is -0.722. The number of esters is 1. The van der Waals surface area contributed by atoms with Crippen LogP contribution >= 0.6 is 15.9 Å². The van der Waals surface area contributed by atoms with Crippen LogP contribution in [0.2, 0.25) is 0 Å². The third-order valence-electron chi connectivity index (χ3n) is 2.52. The summed E-state index contributed by atoms with van der Waals surface area (Å²) in [6.07, 6.45) is 0.661. The summed E-state index contributed by atoms with van der Waals surface area (Å²) in [5.74, 6) is -0.623. The lowest BCUT2D eigenvalue weighted by Gasteiger charge is -2.10. The highest BCUT2D eigenvalue weighted by Gasteiger charge is 2.14. The Hall–Kier alpha value is -1.73. The molecule has 1 aromatic heterocycles. The van der Waals surface area contributed by atoms with Gasteiger partial charge in [0.05, 0.1) is 19.8 Å². The predicted octanol–water partition coefficient (Wildman–Crippen LogP) is 1.56. The minimum absolute atomic E-state index is 0.0227. The second kappa shape index (κ2) is 5.94. The van der Waals surface area contributed by atoms with E-state index in [0.717, 1.165) is 10.0 Å². The fraction of sp³-hybridized carbons (Fsp3) is 0.250. The van der Waals surface area contributed by atoms with E-state index in [1.807, 2.05) is 24.3 Å². The van der Waals surface area contributed by atoms with Gasteiger partial charge in [0, 0.05) is 4.47 Å². The van der Waals surface area contributed by atoms with Crippen LogP contribution in [0.5, 0.6) is 0 Å². The highest BCUT2D eigenvalue weighted by molar-refractivity contribution is 9.10. The Balaban J connectivity index is 2.06. The summed E-state index contributed by atoms with van der Waals surface area (Å²) in [6, 6.07) is 7.32. The molecule has 0 aliphatic carbocycles. The summed E-state index contributed by atoms with van der Waals surface area (Å²) < 4.78 is 6.85. The van der Waals surface area contributed by atoms with Crippen molar-refractivity contribution in [3.63, 3.8) is 0 Å². The van der Waals surface area contributed by atoms with Crippen molar-refractivity contribution in [2.24, 2.45) is 0 Å². The second-order valence-electron chi connectivity index (χ2n) is 3.85. The molecule has 100 valence electrons. The first-order valence-electron chi connectivity index (χ1n) is 5.51. The van der Waals surface area contributed by atoms with E-state index in [1.54, 1.807) is 0 Å². The summed E-state index contributed by atoms with van der Waals surface area (Å²) in [5, 5.41) is 14.0. The van der Waals surface area contributed by atoms with Crippen molar-refractivity contribution in [1.29, 1.82) is 0 Å². The number of carbonyl (C=O) groups excluding carboxylic acids is 1. The van der Waals surface area contributed by atoms with E-state index in [0.29, 0.717) is 0 Å². The van der Waals surface area contributed by atoms with Crippen LogP contribution < -0.4 is 0 Å². The molecule has 7 heteroatoms. The SMILES string of the molecule is COC(=O)c1ncn(CC(O)c2ccc(Br)cc2)n1. The van der Waals surface area contributed by atoms with Crippen LogP contribution in [0.1, 0.15) is 22.3 Å². The summed E-state index contributed by atoms with van der Waals surface area (Å²) in [5.41, 5.74) is 0.762. The molecule has 0 bridgehead atoms. The second-order valence-corrected chi connectivity index (χ2v) is 4.76. The maximum absolute atomic E-state index is 11.2. The Morgan fingerprint density at radius 2 is 2.16 bits per heavy atom. The molecular weight excluding hydrogens is 314 g/mol. The van der Waals surface area contributed by atoms with Gasteiger partial charge in [-0.2, -0.15) is 0 Å². The number of rotatable bonds is 4. The van der Waals surface area contributed by atoms with Crippen LogP contribution in [0.15, 0.2) is 35.1 Å². The lowest BCUT2D eigenvalue weighted by atomic mass is 10.1. The average Bonchev–Trinajstić information content (AvgIpc) is 2.87. The van der Waals surface area contributed by atoms with Crippen molar-refractivity contribution >= 4 is 21.9 Å². The number of hydrogen-bond acceptors (Lipinski definition) is 5. The molecule has 1 aromatic carbocycles. The number of methoxy groups -OCH3 is 1. The zero-order valence-electron chi connectivity index (χ0n) is 10.2. The summed E-state index contributed by atoms with van der Waals surface area (Å²) in [7, 11) is 1.26. The maximum atomic E-state index is 11.2. The highest BCUT2D eigenvalue weighted by atomic mass is 79.9. The van der Waals surface area contributed by atoms with Gasteiger partial charge >= 0.3 is 5.97 Å². The first kappa shape index (κ1) is 13.7. The van der Waals surface area contributed by atoms with Gasteiger partial charge in [0.15, 0.2) is 0 Å². The molecule has 0 saturated heterocycles. The summed E-state index contributed by atoms with van der Waals surface area (Å²) >= 11 is 3.33. The third-order valence-corrected chi connectivity index (χ3v) is 3.05. The molecule has 0 fully saturated rings. The first-order valence-corrected chi connectivity index (χ1v) is 6.30. The number of halogens is 1. The van der Waals surface area contributed by atoms with Gasteiger partial charge in [-0.1, -0.05) is 28.1 Å². The van der Waals surface area contributed by atoms with E-state index in [2.05, 4.69) is 30.7 Å². The molecule has 0 amide bonds. The topological polar surface area (TPSA) is 77.2 Å². The van der Waals surface area contributed by atoms with Crippen molar-refractivity contribution in [3.8, 4) is 0 Å². The maximum Gasteiger partial charge on any atom is 0.377 e. The van der Waals surface area contributed by atoms with E-state index in [4.69, 9.17) is 0 Å². The molecule has 0 aliphatic rings. The molecule has 0 spiro atoms. The summed E-state index contributed by atoms with van der Waals surface area (Å²) in [6.45, 7) is 0.214. The van der Waals surface area contributed by atoms with Gasteiger partial charge < -0.3 is 9.84 Å². The Kier molecular flexibility index (Phi) is 4.28. The van der Waals surface area contributed by atoms with Crippen LogP contribution in [0.4, 0.5) is 0 Å². The Bertz CT molecular complexity index is 568. The molecule has 0 radical (unpaired) electrons. The molecule has 6 nitrogen and oxygen atoms in total. The zero-order valence-corrected chi connectivity index (χ0v) is 11.7. The zero-order chi connectivity index (χ0) is 13.8. The molecular formula is C12H12BrN3O3. The molecule has 1 atom stereocenters. The standard InChI is InChI=1S/C12H12BrN3O3/c1-19-12(18)11-14-7-16(15-11)6-10(17)8-2-4-9(13)5-3-8/h2-5,7,10,17H,6H2,1H3. The molecule has 1 N–H and O–H groups in total. The van der Waals surface area contributed by atoms with Crippen LogP contribution in [0.25, 0.3) is 0 Å². The number of ether oxygens (including phenoxy) is 1. The highest BCUT2D eigenvalue weighted by Crippen LogP contribution is 2.18. The van der Waals surface area contributed by atoms with Crippen LogP contribution in [-0.4, -0.2) is 33.0 Å². The van der Waals surface area contributed by atoms with Gasteiger partial charge in [0.2, 0.25) is 0 Å². The number of hydrogen-bond donors (Lipinski definition) is 1. The van der Waals surface area contributed by atoms with Gasteiger partial charge in [0.1, 0.15) is 6.33 Å². The number of nitrogens with zero attached hydrogens (tertiary/aromatic N) is 3. The van der Waals surface area contributed by atoms with Gasteiger partial charge in [-0.15, -0.1) is 5.10 Å². The van der Waals surface area contributed by atoms with Crippen LogP contribution in [-0.2, 0) is 11.3 Å². The normalized spacial score (nSPS) is 12.2. The van der Waals surface area contributed by atoms with Gasteiger partial charge in [-0.05, 0) is 17.7 Å². The van der Waals surface area contributed by atoms with E-state index < -0.39 is 12.1 Å². The molecule has 2 aromatic rings. The van der Waals surface area contributed by atoms with E-state index in [-0.39, 0.29) is 12.4 Å². The molecule has 2 rings (SSSR count). The lowest BCUT2D eigenvalue weighted by Crippen LogP contribution is -2.11. The Morgan fingerprint density at radius 1 is 1.47 bits per heavy atom. The first-order chi connectivity index (χ1) is 9.10. The van der Waals surface area contributed by atoms with E-state index in [9.17, 15) is 9.90 Å². The number of aliphatic hydroxyl groups excluding tert-OH is 1. The predicted molar refractivity (Wildman–Crippen MR) is 70.5 cm³/mol. The Labute approximate surface area is 118 Å². The molecule has 1 unspecified atom stereocenters. The fourth-order valence-electron chi connectivity index (χ4n) is 1.53. The monoisotopic (exact) mass is 325 g/mol. The van der Waals surface area contributed by atoms with Crippen LogP contribution in [0, 0.1) is 0 Å². The quantitative estimate of drug-likeness (QED) is 0.863. The van der Waals surface area contributed by atoms with Crippen molar-refractivity contribution in [3.05, 3.63) is 46.5 Å². The number of aromatic nitrogens is 3. The smallest absolute Gasteiger partial charge is 0.377 e. The van der Waals surface area contributed by atoms with Gasteiger partial charge in [-0.3, -0.25) is 0 Å². The molecule has 0 saturated carbocycles.